The Morgan fingerprint density at radius 1 is 0.833 bits per heavy atom. The molecule has 1 saturated carbocycles. The van der Waals surface area contributed by atoms with Crippen LogP contribution < -0.4 is 9.80 Å². The van der Waals surface area contributed by atoms with E-state index in [2.05, 4.69) is 45.0 Å². The lowest BCUT2D eigenvalue weighted by molar-refractivity contribution is 0.122. The molecule has 1 spiro atoms. The minimum atomic E-state index is 0. The molecule has 1 aromatic carbocycles. The Bertz CT molecular complexity index is 1000. The summed E-state index contributed by atoms with van der Waals surface area (Å²) >= 11 is 0. The average Bonchev–Trinajstić information content (AvgIpc) is 3.44. The monoisotopic (exact) mass is 511 g/mol. The van der Waals surface area contributed by atoms with Crippen molar-refractivity contribution >= 4 is 29.4 Å². The van der Waals surface area contributed by atoms with Crippen LogP contribution >= 0.6 is 12.4 Å². The maximum atomic E-state index is 5.63. The summed E-state index contributed by atoms with van der Waals surface area (Å²) in [4.78, 5) is 7.65. The highest BCUT2D eigenvalue weighted by atomic mass is 35.5. The van der Waals surface area contributed by atoms with Crippen molar-refractivity contribution in [3.63, 3.8) is 0 Å². The van der Waals surface area contributed by atoms with E-state index in [1.54, 1.807) is 11.8 Å². The van der Waals surface area contributed by atoms with Crippen molar-refractivity contribution < 1.29 is 9.15 Å². The summed E-state index contributed by atoms with van der Waals surface area (Å²) in [5.74, 6) is 1.07. The Hall–Kier alpha value is -1.95. The van der Waals surface area contributed by atoms with Gasteiger partial charge in [-0.1, -0.05) is 25.3 Å². The first-order valence-electron chi connectivity index (χ1n) is 13.9. The Balaban J connectivity index is 0.00000267. The number of ether oxygens (including phenoxy) is 1. The molecule has 0 radical (unpaired) electrons. The molecule has 0 N–H and O–H groups in total. The van der Waals surface area contributed by atoms with Gasteiger partial charge in [0, 0.05) is 56.2 Å². The summed E-state index contributed by atoms with van der Waals surface area (Å²) in [7, 11) is 0. The molecule has 6 rings (SSSR count). The van der Waals surface area contributed by atoms with Crippen molar-refractivity contribution in [2.75, 3.05) is 62.3 Å². The Morgan fingerprint density at radius 3 is 2.33 bits per heavy atom. The van der Waals surface area contributed by atoms with Crippen LogP contribution in [0.25, 0.3) is 5.57 Å². The Kier molecular flexibility index (Phi) is 8.29. The molecular weight excluding hydrogens is 470 g/mol. The van der Waals surface area contributed by atoms with Crippen LogP contribution in [-0.2, 0) is 11.3 Å². The third kappa shape index (κ3) is 5.64. The van der Waals surface area contributed by atoms with Gasteiger partial charge >= 0.3 is 0 Å². The molecule has 196 valence electrons. The van der Waals surface area contributed by atoms with E-state index in [1.807, 2.05) is 6.07 Å². The molecule has 1 aromatic heterocycles. The SMILES string of the molecule is C1=C(c2cc(N3CCOCC3)ccc2N2CCN(Cc3ccco3)CC2)CCC2(C1)CCCCC2.Cl. The summed E-state index contributed by atoms with van der Waals surface area (Å²) in [5, 5.41) is 0. The molecule has 0 amide bonds. The summed E-state index contributed by atoms with van der Waals surface area (Å²) in [6.45, 7) is 8.86. The van der Waals surface area contributed by atoms with Gasteiger partial charge in [0.1, 0.15) is 5.76 Å². The van der Waals surface area contributed by atoms with Crippen LogP contribution in [0.2, 0.25) is 0 Å². The van der Waals surface area contributed by atoms with Crippen molar-refractivity contribution in [2.24, 2.45) is 5.41 Å². The highest BCUT2D eigenvalue weighted by molar-refractivity contribution is 5.85. The molecule has 3 fully saturated rings. The van der Waals surface area contributed by atoms with Crippen molar-refractivity contribution in [3.05, 3.63) is 54.0 Å². The number of piperazine rings is 1. The molecule has 0 atom stereocenters. The van der Waals surface area contributed by atoms with E-state index in [4.69, 9.17) is 9.15 Å². The lowest BCUT2D eigenvalue weighted by Gasteiger charge is -2.41. The maximum Gasteiger partial charge on any atom is 0.117 e. The summed E-state index contributed by atoms with van der Waals surface area (Å²) in [6, 6.07) is 11.3. The van der Waals surface area contributed by atoms with E-state index in [0.29, 0.717) is 5.41 Å². The number of benzene rings is 1. The van der Waals surface area contributed by atoms with Gasteiger partial charge in [-0.2, -0.15) is 0 Å². The zero-order valence-corrected chi connectivity index (χ0v) is 22.4. The van der Waals surface area contributed by atoms with Gasteiger partial charge in [0.05, 0.1) is 26.0 Å². The molecule has 36 heavy (non-hydrogen) atoms. The van der Waals surface area contributed by atoms with Gasteiger partial charge in [0.25, 0.3) is 0 Å². The smallest absolute Gasteiger partial charge is 0.117 e. The van der Waals surface area contributed by atoms with Gasteiger partial charge in [-0.05, 0) is 73.4 Å². The van der Waals surface area contributed by atoms with E-state index in [0.717, 1.165) is 64.8 Å². The third-order valence-corrected chi connectivity index (χ3v) is 9.00. The first-order chi connectivity index (χ1) is 17.3. The number of hydrogen-bond donors (Lipinski definition) is 0. The lowest BCUT2D eigenvalue weighted by Crippen LogP contribution is -2.46. The quantitative estimate of drug-likeness (QED) is 0.465. The van der Waals surface area contributed by atoms with E-state index >= 15 is 0 Å². The Morgan fingerprint density at radius 2 is 1.64 bits per heavy atom. The fraction of sp³-hybridized carbons (Fsp3) is 0.600. The molecule has 4 aliphatic rings. The Labute approximate surface area is 222 Å². The molecular formula is C30H42ClN3O2. The van der Waals surface area contributed by atoms with E-state index < -0.39 is 0 Å². The number of anilines is 2. The van der Waals surface area contributed by atoms with E-state index in [-0.39, 0.29) is 12.4 Å². The van der Waals surface area contributed by atoms with Crippen LogP contribution in [-0.4, -0.2) is 57.4 Å². The number of nitrogens with zero attached hydrogens (tertiary/aromatic N) is 3. The molecule has 5 nitrogen and oxygen atoms in total. The molecule has 2 saturated heterocycles. The number of hydrogen-bond acceptors (Lipinski definition) is 5. The van der Waals surface area contributed by atoms with Crippen LogP contribution in [0.5, 0.6) is 0 Å². The van der Waals surface area contributed by atoms with Crippen molar-refractivity contribution in [1.29, 1.82) is 0 Å². The number of morpholine rings is 1. The van der Waals surface area contributed by atoms with Gasteiger partial charge in [0.15, 0.2) is 0 Å². The van der Waals surface area contributed by atoms with Crippen molar-refractivity contribution in [2.45, 2.75) is 57.9 Å². The lowest BCUT2D eigenvalue weighted by atomic mass is 9.65. The van der Waals surface area contributed by atoms with Crippen molar-refractivity contribution in [3.8, 4) is 0 Å². The maximum absolute atomic E-state index is 5.63. The van der Waals surface area contributed by atoms with Gasteiger partial charge in [-0.3, -0.25) is 4.90 Å². The molecule has 2 aromatic rings. The molecule has 0 unspecified atom stereocenters. The fourth-order valence-electron chi connectivity index (χ4n) is 6.79. The second-order valence-corrected chi connectivity index (χ2v) is 11.1. The summed E-state index contributed by atoms with van der Waals surface area (Å²) in [6.07, 6.45) is 15.5. The van der Waals surface area contributed by atoms with Crippen LogP contribution in [0.3, 0.4) is 0 Å². The largest absolute Gasteiger partial charge is 0.468 e. The molecule has 0 bridgehead atoms. The normalized spacial score (nSPS) is 22.8. The van der Waals surface area contributed by atoms with Gasteiger partial charge in [0.2, 0.25) is 0 Å². The minimum absolute atomic E-state index is 0. The zero-order chi connectivity index (χ0) is 23.5. The number of rotatable bonds is 5. The van der Waals surface area contributed by atoms with Crippen LogP contribution in [0.4, 0.5) is 11.4 Å². The number of halogens is 1. The molecule has 6 heteroatoms. The topological polar surface area (TPSA) is 32.1 Å². The summed E-state index contributed by atoms with van der Waals surface area (Å²) in [5.41, 5.74) is 6.47. The molecule has 2 aliphatic carbocycles. The average molecular weight is 512 g/mol. The third-order valence-electron chi connectivity index (χ3n) is 9.00. The second kappa shape index (κ2) is 11.6. The zero-order valence-electron chi connectivity index (χ0n) is 21.6. The predicted molar refractivity (Wildman–Crippen MR) is 150 cm³/mol. The van der Waals surface area contributed by atoms with Crippen molar-refractivity contribution in [1.82, 2.24) is 4.90 Å². The summed E-state index contributed by atoms with van der Waals surface area (Å²) < 4.78 is 11.2. The van der Waals surface area contributed by atoms with E-state index in [1.165, 1.54) is 68.3 Å². The first kappa shape index (κ1) is 25.7. The standard InChI is InChI=1S/C30H41N3O2.ClH/c1-2-10-30(11-3-1)12-8-25(9-13-30)28-23-26(32-18-21-34-22-19-32)6-7-29(28)33-16-14-31(15-17-33)24-27-5-4-20-35-27;/h4-8,20,23H,1-3,9-19,21-22,24H2;1H. The highest BCUT2D eigenvalue weighted by Gasteiger charge is 2.34. The first-order valence-corrected chi connectivity index (χ1v) is 13.9. The molecule has 2 aliphatic heterocycles. The van der Waals surface area contributed by atoms with Gasteiger partial charge in [-0.15, -0.1) is 12.4 Å². The highest BCUT2D eigenvalue weighted by Crippen LogP contribution is 2.49. The number of allylic oxidation sites excluding steroid dienone is 2. The second-order valence-electron chi connectivity index (χ2n) is 11.1. The number of furan rings is 1. The fourth-order valence-corrected chi connectivity index (χ4v) is 6.79. The van der Waals surface area contributed by atoms with Crippen LogP contribution in [0.1, 0.15) is 62.7 Å². The predicted octanol–water partition coefficient (Wildman–Crippen LogP) is 6.38. The van der Waals surface area contributed by atoms with Gasteiger partial charge < -0.3 is 19.0 Å². The molecule has 3 heterocycles. The van der Waals surface area contributed by atoms with Crippen LogP contribution in [0, 0.1) is 5.41 Å². The minimum Gasteiger partial charge on any atom is -0.468 e. The van der Waals surface area contributed by atoms with Gasteiger partial charge in [-0.25, -0.2) is 0 Å². The van der Waals surface area contributed by atoms with Crippen LogP contribution in [0.15, 0.2) is 47.1 Å². The van der Waals surface area contributed by atoms with E-state index in [9.17, 15) is 0 Å².